The van der Waals surface area contributed by atoms with Crippen LogP contribution in [-0.4, -0.2) is 50.3 Å². The van der Waals surface area contributed by atoms with Crippen LogP contribution in [0.3, 0.4) is 0 Å². The Labute approximate surface area is 164 Å². The number of amides is 1. The Morgan fingerprint density at radius 1 is 1.18 bits per heavy atom. The summed E-state index contributed by atoms with van der Waals surface area (Å²) in [4.78, 5) is 31.0. The van der Waals surface area contributed by atoms with Crippen LogP contribution >= 0.6 is 0 Å². The molecule has 0 bridgehead atoms. The van der Waals surface area contributed by atoms with E-state index < -0.39 is 6.04 Å². The molecule has 0 aliphatic carbocycles. The van der Waals surface area contributed by atoms with Gasteiger partial charge in [0.15, 0.2) is 0 Å². The van der Waals surface area contributed by atoms with Crippen LogP contribution in [0.5, 0.6) is 0 Å². The van der Waals surface area contributed by atoms with Gasteiger partial charge < -0.3 is 19.7 Å². The Bertz CT molecular complexity index is 799. The first-order valence-corrected chi connectivity index (χ1v) is 9.30. The molecule has 1 fully saturated rings. The second kappa shape index (κ2) is 9.32. The molecule has 28 heavy (non-hydrogen) atoms. The number of methoxy groups -OCH3 is 1. The van der Waals surface area contributed by atoms with Crippen LogP contribution in [0.1, 0.15) is 33.9 Å². The molecule has 1 aliphatic rings. The summed E-state index contributed by atoms with van der Waals surface area (Å²) in [6.07, 6.45) is 1.62. The number of benzene rings is 1. The molecule has 148 valence electrons. The first kappa shape index (κ1) is 19.8. The highest BCUT2D eigenvalue weighted by atomic mass is 16.5. The molecule has 1 N–H and O–H groups in total. The van der Waals surface area contributed by atoms with E-state index >= 15 is 0 Å². The number of aromatic nitrogens is 1. The molecule has 1 aliphatic heterocycles. The van der Waals surface area contributed by atoms with Gasteiger partial charge in [-0.2, -0.15) is 0 Å². The van der Waals surface area contributed by atoms with Crippen molar-refractivity contribution in [2.24, 2.45) is 0 Å². The Balaban J connectivity index is 1.71. The number of anilines is 1. The summed E-state index contributed by atoms with van der Waals surface area (Å²) in [5.74, 6) is 0.159. The number of nitrogens with zero attached hydrogens (tertiary/aromatic N) is 2. The lowest BCUT2D eigenvalue weighted by atomic mass is 10.0. The molecule has 0 saturated carbocycles. The summed E-state index contributed by atoms with van der Waals surface area (Å²) in [6, 6.07) is 10.8. The number of nitrogens with one attached hydrogen (secondary N) is 1. The summed E-state index contributed by atoms with van der Waals surface area (Å²) < 4.78 is 10.1. The van der Waals surface area contributed by atoms with Gasteiger partial charge in [-0.15, -0.1) is 0 Å². The number of hydrogen-bond donors (Lipinski definition) is 1. The van der Waals surface area contributed by atoms with E-state index in [0.717, 1.165) is 30.0 Å². The number of ether oxygens (including phenoxy) is 2. The van der Waals surface area contributed by atoms with Gasteiger partial charge in [0.05, 0.1) is 38.3 Å². The second-order valence-electron chi connectivity index (χ2n) is 6.72. The summed E-state index contributed by atoms with van der Waals surface area (Å²) in [7, 11) is 1.34. The zero-order chi connectivity index (χ0) is 19.9. The average molecular weight is 383 g/mol. The SMILES string of the molecule is COC(=O)C[C@@H](NC(=O)c1ccc(N2CCOCC2)nc1)c1ccc(C)cc1. The van der Waals surface area contributed by atoms with E-state index in [1.807, 2.05) is 37.3 Å². The molecule has 1 aromatic heterocycles. The monoisotopic (exact) mass is 383 g/mol. The van der Waals surface area contributed by atoms with Crippen molar-refractivity contribution in [2.45, 2.75) is 19.4 Å². The minimum atomic E-state index is -0.473. The number of aryl methyl sites for hydroxylation is 1. The third-order valence-corrected chi connectivity index (χ3v) is 4.73. The standard InChI is InChI=1S/C21H25N3O4/c1-15-3-5-16(6-4-15)18(13-20(25)27-2)23-21(26)17-7-8-19(22-14-17)24-9-11-28-12-10-24/h3-8,14,18H,9-13H2,1-2H3,(H,23,26)/t18-/m1/s1. The largest absolute Gasteiger partial charge is 0.469 e. The highest BCUT2D eigenvalue weighted by Gasteiger charge is 2.20. The third-order valence-electron chi connectivity index (χ3n) is 4.73. The number of carbonyl (C=O) groups is 2. The maximum absolute atomic E-state index is 12.7. The molecule has 1 saturated heterocycles. The lowest BCUT2D eigenvalue weighted by molar-refractivity contribution is -0.141. The smallest absolute Gasteiger partial charge is 0.307 e. The predicted molar refractivity (Wildman–Crippen MR) is 105 cm³/mol. The molecule has 7 heteroatoms. The van der Waals surface area contributed by atoms with Crippen LogP contribution < -0.4 is 10.2 Å². The molecule has 1 aromatic carbocycles. The molecule has 0 unspecified atom stereocenters. The second-order valence-corrected chi connectivity index (χ2v) is 6.72. The molecule has 2 heterocycles. The van der Waals surface area contributed by atoms with E-state index in [4.69, 9.17) is 9.47 Å². The van der Waals surface area contributed by atoms with Crippen LogP contribution in [0.2, 0.25) is 0 Å². The van der Waals surface area contributed by atoms with Crippen LogP contribution in [0.25, 0.3) is 0 Å². The minimum Gasteiger partial charge on any atom is -0.469 e. The van der Waals surface area contributed by atoms with Gasteiger partial charge in [0.1, 0.15) is 5.82 Å². The number of carbonyl (C=O) groups excluding carboxylic acids is 2. The van der Waals surface area contributed by atoms with Gasteiger partial charge in [0, 0.05) is 19.3 Å². The molecule has 0 radical (unpaired) electrons. The van der Waals surface area contributed by atoms with Crippen molar-refractivity contribution in [2.75, 3.05) is 38.3 Å². The van der Waals surface area contributed by atoms with Crippen molar-refractivity contribution in [3.63, 3.8) is 0 Å². The predicted octanol–water partition coefficient (Wildman–Crippen LogP) is 2.26. The van der Waals surface area contributed by atoms with Gasteiger partial charge >= 0.3 is 5.97 Å². The fourth-order valence-electron chi connectivity index (χ4n) is 3.04. The fraction of sp³-hybridized carbons (Fsp3) is 0.381. The Hall–Kier alpha value is -2.93. The molecule has 1 atom stereocenters. The summed E-state index contributed by atoms with van der Waals surface area (Å²) >= 11 is 0. The lowest BCUT2D eigenvalue weighted by Crippen LogP contribution is -2.36. The molecule has 3 rings (SSSR count). The van der Waals surface area contributed by atoms with Crippen LogP contribution in [-0.2, 0) is 14.3 Å². The van der Waals surface area contributed by atoms with E-state index in [1.165, 1.54) is 7.11 Å². The van der Waals surface area contributed by atoms with E-state index in [0.29, 0.717) is 18.8 Å². The summed E-state index contributed by atoms with van der Waals surface area (Å²) in [5, 5.41) is 2.92. The molecule has 1 amide bonds. The zero-order valence-corrected chi connectivity index (χ0v) is 16.2. The van der Waals surface area contributed by atoms with Crippen LogP contribution in [0.15, 0.2) is 42.6 Å². The maximum atomic E-state index is 12.7. The number of hydrogen-bond acceptors (Lipinski definition) is 6. The van der Waals surface area contributed by atoms with Crippen molar-refractivity contribution in [1.29, 1.82) is 0 Å². The topological polar surface area (TPSA) is 80.8 Å². The highest BCUT2D eigenvalue weighted by molar-refractivity contribution is 5.94. The Morgan fingerprint density at radius 2 is 1.89 bits per heavy atom. The van der Waals surface area contributed by atoms with Crippen molar-refractivity contribution in [1.82, 2.24) is 10.3 Å². The van der Waals surface area contributed by atoms with E-state index in [2.05, 4.69) is 15.2 Å². The van der Waals surface area contributed by atoms with Crippen molar-refractivity contribution in [3.8, 4) is 0 Å². The molecule has 0 spiro atoms. The molecular weight excluding hydrogens is 358 g/mol. The number of morpholine rings is 1. The Kier molecular flexibility index (Phi) is 6.60. The van der Waals surface area contributed by atoms with Gasteiger partial charge in [0.25, 0.3) is 5.91 Å². The van der Waals surface area contributed by atoms with Crippen molar-refractivity contribution < 1.29 is 19.1 Å². The molecule has 7 nitrogen and oxygen atoms in total. The van der Waals surface area contributed by atoms with Gasteiger partial charge in [0.2, 0.25) is 0 Å². The van der Waals surface area contributed by atoms with Crippen molar-refractivity contribution in [3.05, 3.63) is 59.3 Å². The lowest BCUT2D eigenvalue weighted by Gasteiger charge is -2.27. The zero-order valence-electron chi connectivity index (χ0n) is 16.2. The van der Waals surface area contributed by atoms with E-state index in [1.54, 1.807) is 12.3 Å². The van der Waals surface area contributed by atoms with E-state index in [9.17, 15) is 9.59 Å². The third kappa shape index (κ3) is 5.07. The van der Waals surface area contributed by atoms with Crippen molar-refractivity contribution >= 4 is 17.7 Å². The van der Waals surface area contributed by atoms with Gasteiger partial charge in [-0.25, -0.2) is 4.98 Å². The first-order valence-electron chi connectivity index (χ1n) is 9.30. The highest BCUT2D eigenvalue weighted by Crippen LogP contribution is 2.20. The number of pyridine rings is 1. The fourth-order valence-corrected chi connectivity index (χ4v) is 3.04. The van der Waals surface area contributed by atoms with Gasteiger partial charge in [-0.05, 0) is 24.6 Å². The average Bonchev–Trinajstić information content (AvgIpc) is 2.74. The summed E-state index contributed by atoms with van der Waals surface area (Å²) in [6.45, 7) is 4.91. The minimum absolute atomic E-state index is 0.0601. The summed E-state index contributed by atoms with van der Waals surface area (Å²) in [5.41, 5.74) is 2.40. The van der Waals surface area contributed by atoms with Gasteiger partial charge in [-0.3, -0.25) is 9.59 Å². The number of rotatable bonds is 6. The first-order chi connectivity index (χ1) is 13.6. The Morgan fingerprint density at radius 3 is 2.50 bits per heavy atom. The van der Waals surface area contributed by atoms with Crippen LogP contribution in [0, 0.1) is 6.92 Å². The number of esters is 1. The quantitative estimate of drug-likeness (QED) is 0.771. The van der Waals surface area contributed by atoms with Gasteiger partial charge in [-0.1, -0.05) is 29.8 Å². The normalized spacial score (nSPS) is 15.0. The molecule has 2 aromatic rings. The maximum Gasteiger partial charge on any atom is 0.307 e. The van der Waals surface area contributed by atoms with E-state index in [-0.39, 0.29) is 18.3 Å². The molecular formula is C21H25N3O4. The van der Waals surface area contributed by atoms with Crippen LogP contribution in [0.4, 0.5) is 5.82 Å².